The van der Waals surface area contributed by atoms with E-state index >= 15 is 0 Å². The zero-order valence-electron chi connectivity index (χ0n) is 17.3. The lowest BCUT2D eigenvalue weighted by Crippen LogP contribution is -2.52. The van der Waals surface area contributed by atoms with Crippen LogP contribution in [0, 0.1) is 0 Å². The predicted octanol–water partition coefficient (Wildman–Crippen LogP) is 0.387. The zero-order chi connectivity index (χ0) is 21.3. The Morgan fingerprint density at radius 2 is 1.90 bits per heavy atom. The molecule has 0 saturated carbocycles. The van der Waals surface area contributed by atoms with Gasteiger partial charge in [0.05, 0.1) is 51.0 Å². The van der Waals surface area contributed by atoms with Crippen molar-refractivity contribution < 1.29 is 24.2 Å². The van der Waals surface area contributed by atoms with Crippen LogP contribution in [0.1, 0.15) is 24.9 Å². The molecule has 2 heterocycles. The Labute approximate surface area is 177 Å². The molecule has 1 saturated heterocycles. The van der Waals surface area contributed by atoms with E-state index < -0.39 is 18.2 Å². The van der Waals surface area contributed by atoms with Gasteiger partial charge in [-0.05, 0) is 12.5 Å². The lowest BCUT2D eigenvalue weighted by molar-refractivity contribution is -0.129. The lowest BCUT2D eigenvalue weighted by atomic mass is 10.0. The van der Waals surface area contributed by atoms with Crippen molar-refractivity contribution in [3.63, 3.8) is 0 Å². The van der Waals surface area contributed by atoms with Gasteiger partial charge in [-0.25, -0.2) is 0 Å². The molecule has 30 heavy (non-hydrogen) atoms. The molecule has 3 N–H and O–H groups in total. The SMILES string of the molecule is C[C@@H](NC(=O)C[C@H]1C=C[C@@H](NC(=O)CN2CCOCC2)[C@@H](CO)O1)c1ccccc1. The van der Waals surface area contributed by atoms with E-state index in [1.807, 2.05) is 42.2 Å². The number of amides is 2. The topological polar surface area (TPSA) is 100 Å². The molecule has 8 nitrogen and oxygen atoms in total. The van der Waals surface area contributed by atoms with Crippen molar-refractivity contribution >= 4 is 11.8 Å². The minimum atomic E-state index is -0.590. The number of hydrogen-bond donors (Lipinski definition) is 3. The number of rotatable bonds is 8. The van der Waals surface area contributed by atoms with Gasteiger partial charge in [0.2, 0.25) is 11.8 Å². The summed E-state index contributed by atoms with van der Waals surface area (Å²) >= 11 is 0. The van der Waals surface area contributed by atoms with Crippen LogP contribution in [0.25, 0.3) is 0 Å². The minimum Gasteiger partial charge on any atom is -0.394 e. The maximum absolute atomic E-state index is 12.4. The van der Waals surface area contributed by atoms with Crippen molar-refractivity contribution in [1.82, 2.24) is 15.5 Å². The Kier molecular flexibility index (Phi) is 8.39. The van der Waals surface area contributed by atoms with Gasteiger partial charge in [-0.15, -0.1) is 0 Å². The van der Waals surface area contributed by atoms with Gasteiger partial charge in [0.25, 0.3) is 0 Å². The standard InChI is InChI=1S/C22H31N3O5/c1-16(17-5-3-2-4-6-17)23-21(27)13-18-7-8-19(20(15-26)30-18)24-22(28)14-25-9-11-29-12-10-25/h2-8,16,18-20,26H,9-15H2,1H3,(H,23,27)(H,24,28)/t16-,18-,19-,20-/m1/s1. The highest BCUT2D eigenvalue weighted by Crippen LogP contribution is 2.17. The van der Waals surface area contributed by atoms with E-state index in [1.54, 1.807) is 12.2 Å². The second-order valence-electron chi connectivity index (χ2n) is 7.67. The number of ether oxygens (including phenoxy) is 2. The molecule has 0 radical (unpaired) electrons. The summed E-state index contributed by atoms with van der Waals surface area (Å²) < 4.78 is 11.1. The molecule has 2 amide bonds. The average Bonchev–Trinajstić information content (AvgIpc) is 2.76. The summed E-state index contributed by atoms with van der Waals surface area (Å²) in [6, 6.07) is 9.21. The molecule has 1 aromatic carbocycles. The molecular weight excluding hydrogens is 386 g/mol. The second kappa shape index (κ2) is 11.2. The minimum absolute atomic E-state index is 0.105. The van der Waals surface area contributed by atoms with Crippen molar-refractivity contribution in [2.75, 3.05) is 39.5 Å². The molecule has 2 aliphatic heterocycles. The van der Waals surface area contributed by atoms with E-state index in [1.165, 1.54) is 0 Å². The molecular formula is C22H31N3O5. The third-order valence-corrected chi connectivity index (χ3v) is 5.33. The van der Waals surface area contributed by atoms with E-state index in [0.29, 0.717) is 13.2 Å². The zero-order valence-corrected chi connectivity index (χ0v) is 17.3. The Balaban J connectivity index is 1.47. The van der Waals surface area contributed by atoms with Gasteiger partial charge in [-0.3, -0.25) is 14.5 Å². The summed E-state index contributed by atoms with van der Waals surface area (Å²) in [5.41, 5.74) is 1.03. The highest BCUT2D eigenvalue weighted by Gasteiger charge is 2.29. The number of aliphatic hydroxyl groups excluding tert-OH is 1. The third-order valence-electron chi connectivity index (χ3n) is 5.33. The number of hydrogen-bond acceptors (Lipinski definition) is 6. The predicted molar refractivity (Wildman–Crippen MR) is 112 cm³/mol. The first-order valence-corrected chi connectivity index (χ1v) is 10.4. The summed E-state index contributed by atoms with van der Waals surface area (Å²) in [7, 11) is 0. The number of aliphatic hydroxyl groups is 1. The first-order chi connectivity index (χ1) is 14.5. The highest BCUT2D eigenvalue weighted by molar-refractivity contribution is 5.79. The fourth-order valence-corrected chi connectivity index (χ4v) is 3.64. The number of carbonyl (C=O) groups is 2. The van der Waals surface area contributed by atoms with Crippen LogP contribution in [0.3, 0.4) is 0 Å². The summed E-state index contributed by atoms with van der Waals surface area (Å²) in [6.07, 6.45) is 2.70. The smallest absolute Gasteiger partial charge is 0.234 e. The Morgan fingerprint density at radius 3 is 2.60 bits per heavy atom. The fraction of sp³-hybridized carbons (Fsp3) is 0.545. The van der Waals surface area contributed by atoms with Crippen LogP contribution in [0.4, 0.5) is 0 Å². The lowest BCUT2D eigenvalue weighted by Gasteiger charge is -2.33. The van der Waals surface area contributed by atoms with Crippen LogP contribution in [0.2, 0.25) is 0 Å². The molecule has 0 unspecified atom stereocenters. The molecule has 0 aromatic heterocycles. The maximum atomic E-state index is 12.4. The highest BCUT2D eigenvalue weighted by atomic mass is 16.5. The largest absolute Gasteiger partial charge is 0.394 e. The van der Waals surface area contributed by atoms with Crippen LogP contribution in [0.15, 0.2) is 42.5 Å². The van der Waals surface area contributed by atoms with E-state index in [4.69, 9.17) is 9.47 Å². The summed E-state index contributed by atoms with van der Waals surface area (Å²) in [4.78, 5) is 26.8. The molecule has 2 aliphatic rings. The number of benzene rings is 1. The quantitative estimate of drug-likeness (QED) is 0.529. The Bertz CT molecular complexity index is 721. The van der Waals surface area contributed by atoms with Gasteiger partial charge in [0, 0.05) is 13.1 Å². The van der Waals surface area contributed by atoms with E-state index in [-0.39, 0.29) is 37.4 Å². The first kappa shape index (κ1) is 22.4. The van der Waals surface area contributed by atoms with Gasteiger partial charge in [-0.1, -0.05) is 42.5 Å². The van der Waals surface area contributed by atoms with Crippen molar-refractivity contribution in [1.29, 1.82) is 0 Å². The Morgan fingerprint density at radius 1 is 1.17 bits per heavy atom. The molecule has 1 fully saturated rings. The monoisotopic (exact) mass is 417 g/mol. The Hall–Kier alpha value is -2.26. The maximum Gasteiger partial charge on any atom is 0.234 e. The van der Waals surface area contributed by atoms with Gasteiger partial charge >= 0.3 is 0 Å². The van der Waals surface area contributed by atoms with Crippen LogP contribution in [0.5, 0.6) is 0 Å². The number of carbonyl (C=O) groups excluding carboxylic acids is 2. The van der Waals surface area contributed by atoms with Gasteiger partial charge in [0.1, 0.15) is 6.10 Å². The summed E-state index contributed by atoms with van der Waals surface area (Å²) in [5.74, 6) is -0.256. The van der Waals surface area contributed by atoms with Gasteiger partial charge in [0.15, 0.2) is 0 Å². The van der Waals surface area contributed by atoms with Gasteiger partial charge in [-0.2, -0.15) is 0 Å². The van der Waals surface area contributed by atoms with E-state index in [9.17, 15) is 14.7 Å². The first-order valence-electron chi connectivity index (χ1n) is 10.4. The normalized spacial score (nSPS) is 25.5. The summed E-state index contributed by atoms with van der Waals surface area (Å²) in [6.45, 7) is 4.69. The van der Waals surface area contributed by atoms with Crippen LogP contribution in [-0.2, 0) is 19.1 Å². The molecule has 0 aliphatic carbocycles. The molecule has 0 spiro atoms. The van der Waals surface area contributed by atoms with Crippen LogP contribution in [-0.4, -0.2) is 79.5 Å². The van der Waals surface area contributed by atoms with Crippen LogP contribution >= 0.6 is 0 Å². The molecule has 1 aromatic rings. The number of nitrogens with zero attached hydrogens (tertiary/aromatic N) is 1. The molecule has 0 bridgehead atoms. The average molecular weight is 418 g/mol. The van der Waals surface area contributed by atoms with Crippen molar-refractivity contribution in [2.24, 2.45) is 0 Å². The van der Waals surface area contributed by atoms with Crippen molar-refractivity contribution in [2.45, 2.75) is 37.6 Å². The fourth-order valence-electron chi connectivity index (χ4n) is 3.64. The van der Waals surface area contributed by atoms with E-state index in [2.05, 4.69) is 10.6 Å². The molecule has 8 heteroatoms. The van der Waals surface area contributed by atoms with Crippen molar-refractivity contribution in [3.8, 4) is 0 Å². The number of morpholine rings is 1. The molecule has 4 atom stereocenters. The van der Waals surface area contributed by atoms with Crippen molar-refractivity contribution in [3.05, 3.63) is 48.0 Å². The van der Waals surface area contributed by atoms with Crippen LogP contribution < -0.4 is 10.6 Å². The molecule has 164 valence electrons. The second-order valence-corrected chi connectivity index (χ2v) is 7.67. The van der Waals surface area contributed by atoms with Gasteiger partial charge < -0.3 is 25.2 Å². The molecule has 3 rings (SSSR count). The number of nitrogens with one attached hydrogen (secondary N) is 2. The summed E-state index contributed by atoms with van der Waals surface area (Å²) in [5, 5.41) is 15.6. The third kappa shape index (κ3) is 6.63. The van der Waals surface area contributed by atoms with E-state index in [0.717, 1.165) is 18.7 Å².